The SMILES string of the molecule is O=C(CCCCCl)N[C@H]1CCCc2ccccc21. The summed E-state index contributed by atoms with van der Waals surface area (Å²) in [5.74, 6) is 0.793. The average molecular weight is 266 g/mol. The van der Waals surface area contributed by atoms with E-state index >= 15 is 0 Å². The van der Waals surface area contributed by atoms with Crippen LogP contribution in [0, 0.1) is 0 Å². The summed E-state index contributed by atoms with van der Waals surface area (Å²) < 4.78 is 0. The fourth-order valence-corrected chi connectivity index (χ4v) is 2.74. The molecule has 0 aliphatic heterocycles. The minimum absolute atomic E-state index is 0.154. The molecular weight excluding hydrogens is 246 g/mol. The van der Waals surface area contributed by atoms with Gasteiger partial charge in [0.15, 0.2) is 0 Å². The summed E-state index contributed by atoms with van der Waals surface area (Å²) in [5.41, 5.74) is 2.68. The van der Waals surface area contributed by atoms with Crippen LogP contribution in [-0.4, -0.2) is 11.8 Å². The molecular formula is C15H20ClNO. The fourth-order valence-electron chi connectivity index (χ4n) is 2.55. The highest BCUT2D eigenvalue weighted by Crippen LogP contribution is 2.29. The number of carbonyl (C=O) groups is 1. The Balaban J connectivity index is 1.92. The molecule has 1 aliphatic rings. The summed E-state index contributed by atoms with van der Waals surface area (Å²) in [6.07, 6.45) is 5.72. The first kappa shape index (κ1) is 13.4. The highest BCUT2D eigenvalue weighted by molar-refractivity contribution is 6.17. The van der Waals surface area contributed by atoms with Gasteiger partial charge in [0.05, 0.1) is 6.04 Å². The lowest BCUT2D eigenvalue weighted by atomic mass is 9.87. The first-order chi connectivity index (χ1) is 8.81. The van der Waals surface area contributed by atoms with Gasteiger partial charge < -0.3 is 5.32 Å². The first-order valence-electron chi connectivity index (χ1n) is 6.74. The molecule has 0 bridgehead atoms. The quantitative estimate of drug-likeness (QED) is 0.640. The number of rotatable bonds is 5. The molecule has 0 saturated carbocycles. The van der Waals surface area contributed by atoms with Crippen molar-refractivity contribution in [3.8, 4) is 0 Å². The smallest absolute Gasteiger partial charge is 0.220 e. The molecule has 0 heterocycles. The molecule has 1 aromatic rings. The maximum absolute atomic E-state index is 11.8. The Morgan fingerprint density at radius 1 is 1.33 bits per heavy atom. The highest BCUT2D eigenvalue weighted by atomic mass is 35.5. The van der Waals surface area contributed by atoms with E-state index in [-0.39, 0.29) is 11.9 Å². The van der Waals surface area contributed by atoms with Crippen molar-refractivity contribution >= 4 is 17.5 Å². The van der Waals surface area contributed by atoms with E-state index in [2.05, 4.69) is 29.6 Å². The van der Waals surface area contributed by atoms with Crippen LogP contribution >= 0.6 is 11.6 Å². The molecule has 1 aliphatic carbocycles. The minimum Gasteiger partial charge on any atom is -0.349 e. The predicted octanol–water partition coefficient (Wildman–Crippen LogP) is 3.59. The number of hydrogen-bond donors (Lipinski definition) is 1. The van der Waals surface area contributed by atoms with Crippen LogP contribution in [0.25, 0.3) is 0 Å². The van der Waals surface area contributed by atoms with Gasteiger partial charge in [0.25, 0.3) is 0 Å². The first-order valence-corrected chi connectivity index (χ1v) is 7.28. The maximum atomic E-state index is 11.8. The van der Waals surface area contributed by atoms with Gasteiger partial charge in [-0.1, -0.05) is 24.3 Å². The third-order valence-corrected chi connectivity index (χ3v) is 3.76. The van der Waals surface area contributed by atoms with Crippen LogP contribution in [0.1, 0.15) is 49.3 Å². The van der Waals surface area contributed by atoms with Crippen LogP contribution < -0.4 is 5.32 Å². The molecule has 0 saturated heterocycles. The number of nitrogens with one attached hydrogen (secondary N) is 1. The number of benzene rings is 1. The van der Waals surface area contributed by atoms with E-state index in [0.717, 1.165) is 32.1 Å². The van der Waals surface area contributed by atoms with Crippen LogP contribution in [-0.2, 0) is 11.2 Å². The molecule has 0 fully saturated rings. The average Bonchev–Trinajstić information content (AvgIpc) is 2.39. The lowest BCUT2D eigenvalue weighted by Crippen LogP contribution is -2.30. The molecule has 2 rings (SSSR count). The summed E-state index contributed by atoms with van der Waals surface area (Å²) in [6.45, 7) is 0. The lowest BCUT2D eigenvalue weighted by molar-refractivity contribution is -0.122. The van der Waals surface area contributed by atoms with Crippen molar-refractivity contribution < 1.29 is 4.79 Å². The Hall–Kier alpha value is -1.02. The van der Waals surface area contributed by atoms with Crippen LogP contribution in [0.4, 0.5) is 0 Å². The van der Waals surface area contributed by atoms with Crippen LogP contribution in [0.3, 0.4) is 0 Å². The topological polar surface area (TPSA) is 29.1 Å². The third-order valence-electron chi connectivity index (χ3n) is 3.49. The molecule has 0 aromatic heterocycles. The van der Waals surface area contributed by atoms with E-state index in [9.17, 15) is 4.79 Å². The zero-order valence-corrected chi connectivity index (χ0v) is 11.4. The number of aryl methyl sites for hydroxylation is 1. The van der Waals surface area contributed by atoms with E-state index in [1.165, 1.54) is 11.1 Å². The van der Waals surface area contributed by atoms with Gasteiger partial charge in [0, 0.05) is 12.3 Å². The van der Waals surface area contributed by atoms with Crippen molar-refractivity contribution in [3.05, 3.63) is 35.4 Å². The van der Waals surface area contributed by atoms with Gasteiger partial charge in [0.1, 0.15) is 0 Å². The Labute approximate surface area is 114 Å². The van der Waals surface area contributed by atoms with E-state index in [1.807, 2.05) is 0 Å². The Morgan fingerprint density at radius 3 is 3.00 bits per heavy atom. The molecule has 18 heavy (non-hydrogen) atoms. The molecule has 3 heteroatoms. The molecule has 1 amide bonds. The van der Waals surface area contributed by atoms with Crippen molar-refractivity contribution in [1.82, 2.24) is 5.32 Å². The second-order valence-electron chi connectivity index (χ2n) is 4.86. The molecule has 2 nitrogen and oxygen atoms in total. The van der Waals surface area contributed by atoms with Crippen molar-refractivity contribution in [2.45, 2.75) is 44.6 Å². The number of carbonyl (C=O) groups excluding carboxylic acids is 1. The molecule has 0 unspecified atom stereocenters. The lowest BCUT2D eigenvalue weighted by Gasteiger charge is -2.26. The third kappa shape index (κ3) is 3.49. The van der Waals surface area contributed by atoms with Crippen molar-refractivity contribution in [2.75, 3.05) is 5.88 Å². The number of unbranched alkanes of at least 4 members (excludes halogenated alkanes) is 1. The van der Waals surface area contributed by atoms with Gasteiger partial charge in [-0.3, -0.25) is 4.79 Å². The van der Waals surface area contributed by atoms with E-state index in [4.69, 9.17) is 11.6 Å². The van der Waals surface area contributed by atoms with E-state index in [1.54, 1.807) is 0 Å². The van der Waals surface area contributed by atoms with Crippen LogP contribution in [0.5, 0.6) is 0 Å². The van der Waals surface area contributed by atoms with Crippen LogP contribution in [0.15, 0.2) is 24.3 Å². The Bertz CT molecular complexity index is 405. The Morgan fingerprint density at radius 2 is 2.17 bits per heavy atom. The summed E-state index contributed by atoms with van der Waals surface area (Å²) in [6, 6.07) is 8.64. The van der Waals surface area contributed by atoms with Crippen molar-refractivity contribution in [3.63, 3.8) is 0 Å². The molecule has 0 spiro atoms. The fraction of sp³-hybridized carbons (Fsp3) is 0.533. The molecule has 1 atom stereocenters. The number of fused-ring (bicyclic) bond motifs is 1. The van der Waals surface area contributed by atoms with Gasteiger partial charge >= 0.3 is 0 Å². The maximum Gasteiger partial charge on any atom is 0.220 e. The van der Waals surface area contributed by atoms with Crippen molar-refractivity contribution in [2.24, 2.45) is 0 Å². The largest absolute Gasteiger partial charge is 0.349 e. The second-order valence-corrected chi connectivity index (χ2v) is 5.24. The van der Waals surface area contributed by atoms with Crippen LogP contribution in [0.2, 0.25) is 0 Å². The second kappa shape index (κ2) is 6.79. The normalized spacial score (nSPS) is 18.2. The highest BCUT2D eigenvalue weighted by Gasteiger charge is 2.20. The van der Waals surface area contributed by atoms with Gasteiger partial charge in [-0.15, -0.1) is 11.6 Å². The summed E-state index contributed by atoms with van der Waals surface area (Å²) >= 11 is 5.61. The number of amides is 1. The molecule has 98 valence electrons. The standard InChI is InChI=1S/C15H20ClNO/c16-11-4-3-10-15(18)17-14-9-5-7-12-6-1-2-8-13(12)14/h1-2,6,8,14H,3-5,7,9-11H2,(H,17,18)/t14-/m0/s1. The summed E-state index contributed by atoms with van der Waals surface area (Å²) in [5, 5.41) is 3.15. The zero-order chi connectivity index (χ0) is 12.8. The van der Waals surface area contributed by atoms with Gasteiger partial charge in [-0.2, -0.15) is 0 Å². The monoisotopic (exact) mass is 265 g/mol. The van der Waals surface area contributed by atoms with Gasteiger partial charge in [-0.25, -0.2) is 0 Å². The predicted molar refractivity (Wildman–Crippen MR) is 74.8 cm³/mol. The Kier molecular flexibility index (Phi) is 5.06. The van der Waals surface area contributed by atoms with E-state index < -0.39 is 0 Å². The number of halogens is 1. The molecule has 1 aromatic carbocycles. The number of hydrogen-bond acceptors (Lipinski definition) is 1. The summed E-state index contributed by atoms with van der Waals surface area (Å²) in [7, 11) is 0. The van der Waals surface area contributed by atoms with Crippen molar-refractivity contribution in [1.29, 1.82) is 0 Å². The molecule has 0 radical (unpaired) electrons. The van der Waals surface area contributed by atoms with E-state index in [0.29, 0.717) is 12.3 Å². The number of alkyl halides is 1. The molecule has 1 N–H and O–H groups in total. The zero-order valence-electron chi connectivity index (χ0n) is 10.6. The van der Waals surface area contributed by atoms with Gasteiger partial charge in [0.2, 0.25) is 5.91 Å². The summed E-state index contributed by atoms with van der Waals surface area (Å²) in [4.78, 5) is 11.8. The van der Waals surface area contributed by atoms with Gasteiger partial charge in [-0.05, 0) is 43.2 Å². The minimum atomic E-state index is 0.154.